The molecule has 0 spiro atoms. The van der Waals surface area contributed by atoms with Gasteiger partial charge in [-0.15, -0.1) is 11.3 Å². The minimum absolute atomic E-state index is 0.218. The molecule has 1 aromatic heterocycles. The van der Waals surface area contributed by atoms with Crippen LogP contribution in [0.25, 0.3) is 10.1 Å². The first-order valence-corrected chi connectivity index (χ1v) is 6.61. The van der Waals surface area contributed by atoms with Crippen molar-refractivity contribution in [3.63, 3.8) is 0 Å². The van der Waals surface area contributed by atoms with Crippen molar-refractivity contribution in [3.05, 3.63) is 70.4 Å². The third kappa shape index (κ3) is 2.00. The monoisotopic (exact) mass is 292 g/mol. The highest BCUT2D eigenvalue weighted by atomic mass is 32.1. The predicted octanol–water partition coefficient (Wildman–Crippen LogP) is 4.55. The van der Waals surface area contributed by atoms with E-state index in [0.717, 1.165) is 4.70 Å². The molecule has 100 valence electrons. The average Bonchev–Trinajstić information content (AvgIpc) is 2.81. The summed E-state index contributed by atoms with van der Waals surface area (Å²) in [6, 6.07) is 8.08. The SMILES string of the molecule is O=C(c1c(F)cc(F)cc1F)c1csc2ccccc12. The molecule has 0 atom stereocenters. The fourth-order valence-corrected chi connectivity index (χ4v) is 2.99. The number of benzene rings is 2. The summed E-state index contributed by atoms with van der Waals surface area (Å²) in [7, 11) is 0. The number of ketones is 1. The smallest absolute Gasteiger partial charge is 0.200 e. The maximum atomic E-state index is 13.7. The van der Waals surface area contributed by atoms with E-state index in [0.29, 0.717) is 17.5 Å². The molecule has 5 heteroatoms. The van der Waals surface area contributed by atoms with E-state index < -0.39 is 28.8 Å². The number of thiophene rings is 1. The number of rotatable bonds is 2. The van der Waals surface area contributed by atoms with Gasteiger partial charge in [-0.2, -0.15) is 0 Å². The lowest BCUT2D eigenvalue weighted by atomic mass is 10.0. The van der Waals surface area contributed by atoms with Crippen LogP contribution in [0.5, 0.6) is 0 Å². The van der Waals surface area contributed by atoms with Gasteiger partial charge in [-0.25, -0.2) is 13.2 Å². The van der Waals surface area contributed by atoms with Gasteiger partial charge in [0, 0.05) is 33.2 Å². The van der Waals surface area contributed by atoms with E-state index in [4.69, 9.17) is 0 Å². The van der Waals surface area contributed by atoms with Crippen LogP contribution in [0.15, 0.2) is 41.8 Å². The zero-order valence-corrected chi connectivity index (χ0v) is 10.8. The predicted molar refractivity (Wildman–Crippen MR) is 71.6 cm³/mol. The van der Waals surface area contributed by atoms with Crippen molar-refractivity contribution >= 4 is 27.2 Å². The Morgan fingerprint density at radius 3 is 2.35 bits per heavy atom. The van der Waals surface area contributed by atoms with E-state index in [1.54, 1.807) is 17.5 Å². The Morgan fingerprint density at radius 1 is 1.00 bits per heavy atom. The van der Waals surface area contributed by atoms with Gasteiger partial charge in [0.05, 0.1) is 5.56 Å². The summed E-state index contributed by atoms with van der Waals surface area (Å²) >= 11 is 1.31. The lowest BCUT2D eigenvalue weighted by molar-refractivity contribution is 0.103. The molecule has 0 aliphatic heterocycles. The Hall–Kier alpha value is -2.14. The Bertz CT molecular complexity index is 800. The van der Waals surface area contributed by atoms with Crippen LogP contribution in [-0.2, 0) is 0 Å². The fourth-order valence-electron chi connectivity index (χ4n) is 2.05. The summed E-state index contributed by atoms with van der Waals surface area (Å²) in [5.41, 5.74) is -0.509. The van der Waals surface area contributed by atoms with Gasteiger partial charge in [0.1, 0.15) is 17.5 Å². The van der Waals surface area contributed by atoms with Crippen molar-refractivity contribution in [2.24, 2.45) is 0 Å². The van der Waals surface area contributed by atoms with Gasteiger partial charge < -0.3 is 0 Å². The molecule has 1 nitrogen and oxygen atoms in total. The third-order valence-electron chi connectivity index (χ3n) is 2.96. The summed E-state index contributed by atoms with van der Waals surface area (Å²) in [6.45, 7) is 0. The van der Waals surface area contributed by atoms with Crippen LogP contribution >= 0.6 is 11.3 Å². The molecular weight excluding hydrogens is 285 g/mol. The minimum Gasteiger partial charge on any atom is -0.288 e. The van der Waals surface area contributed by atoms with Gasteiger partial charge in [-0.3, -0.25) is 4.79 Å². The first-order chi connectivity index (χ1) is 9.58. The molecule has 0 radical (unpaired) electrons. The Balaban J connectivity index is 2.19. The number of hydrogen-bond donors (Lipinski definition) is 0. The summed E-state index contributed by atoms with van der Waals surface area (Å²) in [5.74, 6) is -4.21. The summed E-state index contributed by atoms with van der Waals surface area (Å²) in [6.07, 6.45) is 0. The summed E-state index contributed by atoms with van der Waals surface area (Å²) in [5, 5.41) is 2.18. The molecule has 20 heavy (non-hydrogen) atoms. The molecule has 0 aliphatic rings. The quantitative estimate of drug-likeness (QED) is 0.633. The van der Waals surface area contributed by atoms with Crippen molar-refractivity contribution in [1.29, 1.82) is 0 Å². The summed E-state index contributed by atoms with van der Waals surface area (Å²) < 4.78 is 41.0. The van der Waals surface area contributed by atoms with Crippen molar-refractivity contribution in [2.75, 3.05) is 0 Å². The van der Waals surface area contributed by atoms with Crippen molar-refractivity contribution in [3.8, 4) is 0 Å². The third-order valence-corrected chi connectivity index (χ3v) is 3.92. The molecule has 0 bridgehead atoms. The molecule has 0 N–H and O–H groups in total. The highest BCUT2D eigenvalue weighted by Crippen LogP contribution is 2.29. The first-order valence-electron chi connectivity index (χ1n) is 5.73. The van der Waals surface area contributed by atoms with Crippen molar-refractivity contribution in [1.82, 2.24) is 0 Å². The molecule has 0 unspecified atom stereocenters. The zero-order chi connectivity index (χ0) is 14.3. The second-order valence-corrected chi connectivity index (χ2v) is 5.13. The standard InChI is InChI=1S/C15H7F3OS/c16-8-5-11(17)14(12(18)6-8)15(19)10-7-20-13-4-2-1-3-9(10)13/h1-7H. The molecule has 1 heterocycles. The van der Waals surface area contributed by atoms with Crippen LogP contribution in [0.1, 0.15) is 15.9 Å². The normalized spacial score (nSPS) is 10.9. The van der Waals surface area contributed by atoms with Gasteiger partial charge in [0.2, 0.25) is 0 Å². The van der Waals surface area contributed by atoms with Gasteiger partial charge >= 0.3 is 0 Å². The Morgan fingerprint density at radius 2 is 1.65 bits per heavy atom. The molecule has 0 saturated heterocycles. The lowest BCUT2D eigenvalue weighted by Gasteiger charge is -2.04. The molecule has 3 aromatic rings. The second kappa shape index (κ2) is 4.76. The van der Waals surface area contributed by atoms with Crippen molar-refractivity contribution < 1.29 is 18.0 Å². The zero-order valence-electron chi connectivity index (χ0n) is 9.99. The van der Waals surface area contributed by atoms with Crippen LogP contribution in [0.3, 0.4) is 0 Å². The van der Waals surface area contributed by atoms with Crippen LogP contribution in [-0.4, -0.2) is 5.78 Å². The highest BCUT2D eigenvalue weighted by molar-refractivity contribution is 7.17. The van der Waals surface area contributed by atoms with E-state index in [9.17, 15) is 18.0 Å². The Labute approximate surface area is 116 Å². The minimum atomic E-state index is -1.19. The van der Waals surface area contributed by atoms with Gasteiger partial charge in [0.15, 0.2) is 5.78 Å². The van der Waals surface area contributed by atoms with E-state index in [1.807, 2.05) is 12.1 Å². The second-order valence-electron chi connectivity index (χ2n) is 4.22. The van der Waals surface area contributed by atoms with E-state index in [1.165, 1.54) is 11.3 Å². The highest BCUT2D eigenvalue weighted by Gasteiger charge is 2.22. The van der Waals surface area contributed by atoms with E-state index >= 15 is 0 Å². The number of carbonyl (C=O) groups is 1. The number of halogens is 3. The maximum absolute atomic E-state index is 13.7. The summed E-state index contributed by atoms with van der Waals surface area (Å²) in [4.78, 5) is 12.3. The van der Waals surface area contributed by atoms with Crippen LogP contribution in [0.2, 0.25) is 0 Å². The molecular formula is C15H7F3OS. The molecule has 3 rings (SSSR count). The fraction of sp³-hybridized carbons (Fsp3) is 0. The van der Waals surface area contributed by atoms with Crippen LogP contribution in [0, 0.1) is 17.5 Å². The van der Waals surface area contributed by atoms with E-state index in [-0.39, 0.29) is 5.56 Å². The first kappa shape index (κ1) is 12.9. The maximum Gasteiger partial charge on any atom is 0.200 e. The van der Waals surface area contributed by atoms with Crippen LogP contribution < -0.4 is 0 Å². The van der Waals surface area contributed by atoms with Crippen molar-refractivity contribution in [2.45, 2.75) is 0 Å². The van der Waals surface area contributed by atoms with Crippen LogP contribution in [0.4, 0.5) is 13.2 Å². The van der Waals surface area contributed by atoms with Gasteiger partial charge in [-0.05, 0) is 6.07 Å². The largest absolute Gasteiger partial charge is 0.288 e. The molecule has 0 aliphatic carbocycles. The molecule has 0 fully saturated rings. The number of carbonyl (C=O) groups excluding carboxylic acids is 1. The lowest BCUT2D eigenvalue weighted by Crippen LogP contribution is -2.07. The molecule has 0 saturated carbocycles. The molecule has 2 aromatic carbocycles. The van der Waals surface area contributed by atoms with Gasteiger partial charge in [-0.1, -0.05) is 18.2 Å². The number of fused-ring (bicyclic) bond motifs is 1. The molecule has 0 amide bonds. The Kier molecular flexibility index (Phi) is 3.06. The average molecular weight is 292 g/mol. The van der Waals surface area contributed by atoms with E-state index in [2.05, 4.69) is 0 Å². The number of hydrogen-bond acceptors (Lipinski definition) is 2. The van der Waals surface area contributed by atoms with Gasteiger partial charge in [0.25, 0.3) is 0 Å². The topological polar surface area (TPSA) is 17.1 Å².